The van der Waals surface area contributed by atoms with Crippen LogP contribution in [0.3, 0.4) is 0 Å². The molecule has 0 saturated heterocycles. The average molecular weight is 230 g/mol. The summed E-state index contributed by atoms with van der Waals surface area (Å²) in [6.07, 6.45) is 0.0560. The molecule has 0 amide bonds. The van der Waals surface area contributed by atoms with Crippen molar-refractivity contribution in [3.05, 3.63) is 42.0 Å². The molecule has 2 aromatic carbocycles. The summed E-state index contributed by atoms with van der Waals surface area (Å²) in [5.41, 5.74) is 1.14. The number of rotatable bonds is 3. The Balaban J connectivity index is 2.66. The Morgan fingerprint density at radius 1 is 1.00 bits per heavy atom. The number of aromatic hydroxyl groups is 1. The topological polar surface area (TPSA) is 29.5 Å². The summed E-state index contributed by atoms with van der Waals surface area (Å²) in [6, 6.07) is 11.6. The summed E-state index contributed by atoms with van der Waals surface area (Å²) < 4.78 is 5.56. The van der Waals surface area contributed by atoms with Gasteiger partial charge in [-0.3, -0.25) is 0 Å². The zero-order valence-corrected chi connectivity index (χ0v) is 10.5. The number of phenols is 1. The van der Waals surface area contributed by atoms with Crippen molar-refractivity contribution in [1.82, 2.24) is 0 Å². The number of phenolic OH excluding ortho intramolecular Hbond substituents is 1. The highest BCUT2D eigenvalue weighted by atomic mass is 16.5. The molecule has 1 N–H and O–H groups in total. The van der Waals surface area contributed by atoms with E-state index in [9.17, 15) is 5.11 Å². The van der Waals surface area contributed by atoms with E-state index < -0.39 is 0 Å². The largest absolute Gasteiger partial charge is 0.507 e. The number of fused-ring (bicyclic) bond motifs is 1. The number of methoxy groups -OCH3 is 1. The Kier molecular flexibility index (Phi) is 3.34. The van der Waals surface area contributed by atoms with Crippen LogP contribution in [0.1, 0.15) is 25.5 Å². The third-order valence-corrected chi connectivity index (χ3v) is 3.10. The minimum absolute atomic E-state index is 0.0560. The van der Waals surface area contributed by atoms with Crippen LogP contribution < -0.4 is 0 Å². The van der Waals surface area contributed by atoms with Crippen LogP contribution in [0.15, 0.2) is 36.4 Å². The quantitative estimate of drug-likeness (QED) is 0.866. The van der Waals surface area contributed by atoms with E-state index in [1.807, 2.05) is 30.3 Å². The Labute approximate surface area is 102 Å². The number of hydrogen-bond acceptors (Lipinski definition) is 2. The molecule has 0 aliphatic heterocycles. The highest BCUT2D eigenvalue weighted by Gasteiger charge is 2.18. The van der Waals surface area contributed by atoms with Crippen molar-refractivity contribution in [2.75, 3.05) is 7.11 Å². The van der Waals surface area contributed by atoms with E-state index in [0.29, 0.717) is 11.7 Å². The fraction of sp³-hybridized carbons (Fsp3) is 0.333. The van der Waals surface area contributed by atoms with Crippen molar-refractivity contribution in [3.63, 3.8) is 0 Å². The van der Waals surface area contributed by atoms with Gasteiger partial charge in [-0.05, 0) is 22.9 Å². The summed E-state index contributed by atoms with van der Waals surface area (Å²) in [7, 11) is 1.73. The lowest BCUT2D eigenvalue weighted by molar-refractivity contribution is 0.0658. The second kappa shape index (κ2) is 4.76. The molecule has 0 aliphatic carbocycles. The smallest absolute Gasteiger partial charge is 0.123 e. The number of benzene rings is 2. The van der Waals surface area contributed by atoms with Crippen LogP contribution in [0.5, 0.6) is 5.75 Å². The zero-order valence-electron chi connectivity index (χ0n) is 10.5. The van der Waals surface area contributed by atoms with Crippen molar-refractivity contribution in [3.8, 4) is 5.75 Å². The van der Waals surface area contributed by atoms with Gasteiger partial charge in [0.1, 0.15) is 5.75 Å². The lowest BCUT2D eigenvalue weighted by atomic mass is 9.93. The predicted molar refractivity (Wildman–Crippen MR) is 70.2 cm³/mol. The monoisotopic (exact) mass is 230 g/mol. The Morgan fingerprint density at radius 3 is 2.24 bits per heavy atom. The standard InChI is InChI=1S/C15H18O2/c1-10(2)15(17-3)13-8-9-14(16)12-7-5-4-6-11(12)13/h4-10,15-16H,1-3H3/t15-/m0/s1. The minimum Gasteiger partial charge on any atom is -0.507 e. The molecule has 2 heteroatoms. The maximum atomic E-state index is 9.85. The van der Waals surface area contributed by atoms with E-state index in [2.05, 4.69) is 13.8 Å². The number of hydrogen-bond donors (Lipinski definition) is 1. The minimum atomic E-state index is 0.0560. The Morgan fingerprint density at radius 2 is 1.65 bits per heavy atom. The average Bonchev–Trinajstić information content (AvgIpc) is 2.33. The molecular formula is C15H18O2. The molecule has 2 nitrogen and oxygen atoms in total. The molecule has 2 aromatic rings. The fourth-order valence-corrected chi connectivity index (χ4v) is 2.31. The molecule has 17 heavy (non-hydrogen) atoms. The summed E-state index contributed by atoms with van der Waals surface area (Å²) in [5, 5.41) is 11.8. The van der Waals surface area contributed by atoms with Crippen LogP contribution in [0.2, 0.25) is 0 Å². The van der Waals surface area contributed by atoms with Crippen LogP contribution in [0.4, 0.5) is 0 Å². The number of ether oxygens (including phenoxy) is 1. The van der Waals surface area contributed by atoms with E-state index in [0.717, 1.165) is 16.3 Å². The van der Waals surface area contributed by atoms with Crippen LogP contribution in [0, 0.1) is 5.92 Å². The second-order valence-electron chi connectivity index (χ2n) is 4.62. The van der Waals surface area contributed by atoms with E-state index in [1.165, 1.54) is 0 Å². The lowest BCUT2D eigenvalue weighted by Crippen LogP contribution is -2.09. The van der Waals surface area contributed by atoms with Gasteiger partial charge in [-0.15, -0.1) is 0 Å². The van der Waals surface area contributed by atoms with Crippen molar-refractivity contribution in [1.29, 1.82) is 0 Å². The first kappa shape index (κ1) is 11.9. The molecule has 0 heterocycles. The summed E-state index contributed by atoms with van der Waals surface area (Å²) >= 11 is 0. The van der Waals surface area contributed by atoms with Crippen LogP contribution in [0.25, 0.3) is 10.8 Å². The third-order valence-electron chi connectivity index (χ3n) is 3.10. The van der Waals surface area contributed by atoms with Crippen molar-refractivity contribution in [2.45, 2.75) is 20.0 Å². The lowest BCUT2D eigenvalue weighted by Gasteiger charge is -2.21. The van der Waals surface area contributed by atoms with Crippen LogP contribution in [-0.4, -0.2) is 12.2 Å². The van der Waals surface area contributed by atoms with E-state index in [1.54, 1.807) is 13.2 Å². The predicted octanol–water partition coefficient (Wildman–Crippen LogP) is 3.89. The third kappa shape index (κ3) is 2.13. The summed E-state index contributed by atoms with van der Waals surface area (Å²) in [5.74, 6) is 0.718. The van der Waals surface area contributed by atoms with Gasteiger partial charge in [0, 0.05) is 12.5 Å². The molecule has 0 fully saturated rings. The van der Waals surface area contributed by atoms with Crippen LogP contribution >= 0.6 is 0 Å². The molecule has 0 bridgehead atoms. The van der Waals surface area contributed by atoms with Gasteiger partial charge in [-0.1, -0.05) is 44.2 Å². The molecule has 0 aromatic heterocycles. The maximum Gasteiger partial charge on any atom is 0.123 e. The molecule has 0 radical (unpaired) electrons. The molecule has 0 unspecified atom stereocenters. The highest BCUT2D eigenvalue weighted by Crippen LogP contribution is 2.34. The van der Waals surface area contributed by atoms with Crippen molar-refractivity contribution in [2.24, 2.45) is 5.92 Å². The van der Waals surface area contributed by atoms with Crippen molar-refractivity contribution >= 4 is 10.8 Å². The van der Waals surface area contributed by atoms with E-state index >= 15 is 0 Å². The second-order valence-corrected chi connectivity index (χ2v) is 4.62. The molecule has 2 rings (SSSR count). The Hall–Kier alpha value is -1.54. The molecule has 0 saturated carbocycles. The fourth-order valence-electron chi connectivity index (χ4n) is 2.31. The molecular weight excluding hydrogens is 212 g/mol. The summed E-state index contributed by atoms with van der Waals surface area (Å²) in [6.45, 7) is 4.27. The summed E-state index contributed by atoms with van der Waals surface area (Å²) in [4.78, 5) is 0. The maximum absolute atomic E-state index is 9.85. The molecule has 0 aliphatic rings. The van der Waals surface area contributed by atoms with Gasteiger partial charge in [-0.25, -0.2) is 0 Å². The van der Waals surface area contributed by atoms with Crippen molar-refractivity contribution < 1.29 is 9.84 Å². The first-order chi connectivity index (χ1) is 8.15. The van der Waals surface area contributed by atoms with E-state index in [-0.39, 0.29) is 6.10 Å². The van der Waals surface area contributed by atoms with Gasteiger partial charge in [-0.2, -0.15) is 0 Å². The highest BCUT2D eigenvalue weighted by molar-refractivity contribution is 5.91. The van der Waals surface area contributed by atoms with Gasteiger partial charge >= 0.3 is 0 Å². The first-order valence-corrected chi connectivity index (χ1v) is 5.88. The SMILES string of the molecule is CO[C@H](c1ccc(O)c2ccccc12)C(C)C. The van der Waals surface area contributed by atoms with Crippen LogP contribution in [-0.2, 0) is 4.74 Å². The van der Waals surface area contributed by atoms with Gasteiger partial charge in [0.25, 0.3) is 0 Å². The van der Waals surface area contributed by atoms with Gasteiger partial charge in [0.05, 0.1) is 6.10 Å². The zero-order chi connectivity index (χ0) is 12.4. The van der Waals surface area contributed by atoms with E-state index in [4.69, 9.17) is 4.74 Å². The molecule has 0 spiro atoms. The molecule has 1 atom stereocenters. The van der Waals surface area contributed by atoms with Gasteiger partial charge < -0.3 is 9.84 Å². The van der Waals surface area contributed by atoms with Gasteiger partial charge in [0.15, 0.2) is 0 Å². The molecule has 90 valence electrons. The first-order valence-electron chi connectivity index (χ1n) is 5.88. The van der Waals surface area contributed by atoms with Gasteiger partial charge in [0.2, 0.25) is 0 Å². The Bertz CT molecular complexity index is 517. The normalized spacial score (nSPS) is 13.2.